The molecule has 10 amide bonds. The summed E-state index contributed by atoms with van der Waals surface area (Å²) in [6, 6.07) is 2.66. The highest BCUT2D eigenvalue weighted by atomic mass is 32.2. The Morgan fingerprint density at radius 1 is 0.721 bits per heavy atom. The highest BCUT2D eigenvalue weighted by molar-refractivity contribution is 8.00. The van der Waals surface area contributed by atoms with Gasteiger partial charge in [0.25, 0.3) is 0 Å². The number of fused-ring (bicyclic) bond motifs is 1. The van der Waals surface area contributed by atoms with E-state index < -0.39 is 78.5 Å². The van der Waals surface area contributed by atoms with Crippen LogP contribution in [0.4, 0.5) is 4.79 Å². The minimum atomic E-state index is -1.27. The van der Waals surface area contributed by atoms with Gasteiger partial charge in [-0.3, -0.25) is 43.6 Å². The number of phenols is 1. The number of amides is 10. The van der Waals surface area contributed by atoms with Crippen LogP contribution in [0.5, 0.6) is 5.75 Å². The van der Waals surface area contributed by atoms with Crippen LogP contribution in [0.2, 0.25) is 0 Å². The molecule has 3 aliphatic rings. The zero-order chi connectivity index (χ0) is 49.4. The van der Waals surface area contributed by atoms with Gasteiger partial charge in [-0.25, -0.2) is 10.3 Å². The number of unbranched alkanes of at least 4 members (excludes halogenated alkanes) is 3. The average molecular weight is 974 g/mol. The summed E-state index contributed by atoms with van der Waals surface area (Å²) < 4.78 is 0. The molecule has 1 unspecified atom stereocenters. The maximum absolute atomic E-state index is 13.9. The quantitative estimate of drug-likeness (QED) is 0.0197. The van der Waals surface area contributed by atoms with Crippen molar-refractivity contribution in [3.05, 3.63) is 29.8 Å². The minimum absolute atomic E-state index is 0.0244. The van der Waals surface area contributed by atoms with Crippen LogP contribution >= 0.6 is 11.8 Å². The number of hydrogen-bond donors (Lipinski definition) is 13. The third kappa shape index (κ3) is 19.1. The second-order valence-electron chi connectivity index (χ2n) is 17.8. The molecular weight excluding hydrogens is 903 g/mol. The first-order chi connectivity index (χ1) is 32.7. The molecule has 0 radical (unpaired) electrons. The first kappa shape index (κ1) is 54.9. The van der Waals surface area contributed by atoms with E-state index >= 15 is 0 Å². The average Bonchev–Trinajstić information content (AvgIpc) is 3.88. The first-order valence-corrected chi connectivity index (χ1v) is 24.8. The van der Waals surface area contributed by atoms with Crippen LogP contribution in [-0.2, 0) is 44.8 Å². The van der Waals surface area contributed by atoms with Gasteiger partial charge in [-0.05, 0) is 94.4 Å². The van der Waals surface area contributed by atoms with E-state index in [1.165, 1.54) is 12.1 Å². The van der Waals surface area contributed by atoms with Crippen LogP contribution in [0.1, 0.15) is 108 Å². The fourth-order valence-corrected chi connectivity index (χ4v) is 10.3. The van der Waals surface area contributed by atoms with E-state index in [-0.39, 0.29) is 61.4 Å². The summed E-state index contributed by atoms with van der Waals surface area (Å²) in [5.74, 6) is -5.14. The van der Waals surface area contributed by atoms with Crippen LogP contribution in [0, 0.1) is 11.8 Å². The molecule has 1 aromatic carbocycles. The van der Waals surface area contributed by atoms with Crippen LogP contribution in [0.3, 0.4) is 0 Å². The van der Waals surface area contributed by atoms with Crippen molar-refractivity contribution in [3.63, 3.8) is 0 Å². The third-order valence-electron chi connectivity index (χ3n) is 12.5. The van der Waals surface area contributed by atoms with E-state index in [4.69, 9.17) is 11.5 Å². The molecule has 378 valence electrons. The molecule has 23 heteroatoms. The molecule has 2 saturated heterocycles. The maximum Gasteiger partial charge on any atom is 0.315 e. The summed E-state index contributed by atoms with van der Waals surface area (Å²) in [6.45, 7) is -0.428. The highest BCUT2D eigenvalue weighted by Gasteiger charge is 2.42. The number of nitrogens with one attached hydrogen (secondary N) is 9. The van der Waals surface area contributed by atoms with E-state index in [9.17, 15) is 53.5 Å². The molecule has 22 nitrogen and oxygen atoms in total. The van der Waals surface area contributed by atoms with Gasteiger partial charge in [0.05, 0.1) is 25.2 Å². The SMILES string of the molecule is NCCCC[C@H](NC(=O)C(CC(=O)NO)C1CCCCC1)C(=O)N[C@@H](Cc1ccc(O)cc1)C(=O)NCC(=O)NCC(=O)N[C@@H](CCCCNC(=O)CCCC[C@@H]1SC[C@@H]2NC(=O)N[C@@H]21)C(N)=O. The largest absolute Gasteiger partial charge is 0.508 e. The number of phenolic OH excluding ortho intramolecular Hbond substituents is 1. The van der Waals surface area contributed by atoms with Gasteiger partial charge in [-0.2, -0.15) is 11.8 Å². The number of primary amides is 1. The molecule has 15 N–H and O–H groups in total. The summed E-state index contributed by atoms with van der Waals surface area (Å²) in [5, 5.41) is 40.9. The smallest absolute Gasteiger partial charge is 0.315 e. The van der Waals surface area contributed by atoms with Crippen molar-refractivity contribution in [2.45, 2.75) is 145 Å². The molecule has 2 aliphatic heterocycles. The summed E-state index contributed by atoms with van der Waals surface area (Å²) in [5.41, 5.74) is 13.4. The summed E-state index contributed by atoms with van der Waals surface area (Å²) in [6.07, 6.45) is 9.02. The Labute approximate surface area is 400 Å². The predicted octanol–water partition coefficient (Wildman–Crippen LogP) is -0.660. The lowest BCUT2D eigenvalue weighted by molar-refractivity contribution is -0.138. The lowest BCUT2D eigenvalue weighted by Gasteiger charge is -2.30. The monoisotopic (exact) mass is 974 g/mol. The minimum Gasteiger partial charge on any atom is -0.508 e. The second-order valence-corrected chi connectivity index (χ2v) is 19.0. The number of hydroxylamine groups is 1. The summed E-state index contributed by atoms with van der Waals surface area (Å²) in [7, 11) is 0. The van der Waals surface area contributed by atoms with Gasteiger partial charge in [0.1, 0.15) is 23.9 Å². The Balaban J connectivity index is 1.22. The molecule has 1 aromatic rings. The Hall–Kier alpha value is -5.68. The molecule has 1 aliphatic carbocycles. The number of nitrogens with two attached hydrogens (primary N) is 2. The maximum atomic E-state index is 13.9. The number of benzene rings is 1. The topological polar surface area (TPSA) is 354 Å². The Morgan fingerprint density at radius 2 is 1.41 bits per heavy atom. The van der Waals surface area contributed by atoms with Crippen molar-refractivity contribution < 1.29 is 53.5 Å². The zero-order valence-corrected chi connectivity index (χ0v) is 39.4. The predicted molar refractivity (Wildman–Crippen MR) is 251 cm³/mol. The number of carbonyl (C=O) groups excluding carboxylic acids is 9. The van der Waals surface area contributed by atoms with Crippen LogP contribution in [-0.4, -0.2) is 131 Å². The van der Waals surface area contributed by atoms with E-state index in [1.807, 2.05) is 11.8 Å². The van der Waals surface area contributed by atoms with Gasteiger partial charge >= 0.3 is 6.03 Å². The van der Waals surface area contributed by atoms with Crippen LogP contribution in [0.25, 0.3) is 0 Å². The number of urea groups is 1. The molecule has 0 aromatic heterocycles. The Bertz CT molecular complexity index is 1870. The lowest BCUT2D eigenvalue weighted by Crippen LogP contribution is -2.56. The van der Waals surface area contributed by atoms with Gasteiger partial charge in [0.2, 0.25) is 47.3 Å². The van der Waals surface area contributed by atoms with Crippen molar-refractivity contribution in [2.75, 3.05) is 31.9 Å². The number of carbonyl (C=O) groups is 9. The van der Waals surface area contributed by atoms with Crippen molar-refractivity contribution >= 4 is 65.1 Å². The number of thioether (sulfide) groups is 1. The normalized spacial score (nSPS) is 19.4. The number of hydrogen-bond acceptors (Lipinski definition) is 13. The fraction of sp³-hybridized carbons (Fsp3) is 0.667. The fourth-order valence-electron chi connectivity index (χ4n) is 8.77. The molecule has 1 saturated carbocycles. The van der Waals surface area contributed by atoms with Gasteiger partial charge < -0.3 is 59.1 Å². The molecule has 4 rings (SSSR count). The first-order valence-electron chi connectivity index (χ1n) is 23.8. The standard InChI is InChI=1S/C45H71N11O11S/c46-20-8-6-13-32(52-42(63)30(23-37(59)56-67)28-10-2-1-3-11-28)44(65)53-33(22-27-16-18-29(57)19-17-27)43(64)50-24-38(60)49-25-39(61)51-31(41(47)62)12-7-9-21-48-36(58)15-5-4-14-35-40-34(26-68-35)54-45(66)55-40/h16-19,28,30-35,40,57,67H,1-15,20-26,46H2,(H2,47,62)(H,48,58)(H,49,60)(H,50,64)(H,51,61)(H,52,63)(H,53,65)(H,56,59)(H2,54,55,66)/t30?,31-,32-,33-,34-,35-,40-/m0/s1. The summed E-state index contributed by atoms with van der Waals surface area (Å²) in [4.78, 5) is 115. The second kappa shape index (κ2) is 29.3. The molecular formula is C45H71N11O11S. The number of aromatic hydroxyl groups is 1. The molecule has 7 atom stereocenters. The number of rotatable bonds is 30. The van der Waals surface area contributed by atoms with E-state index in [1.54, 1.807) is 17.6 Å². The van der Waals surface area contributed by atoms with E-state index in [0.717, 1.165) is 44.3 Å². The summed E-state index contributed by atoms with van der Waals surface area (Å²) >= 11 is 1.83. The molecule has 0 bridgehead atoms. The zero-order valence-electron chi connectivity index (χ0n) is 38.6. The van der Waals surface area contributed by atoms with Crippen molar-refractivity contribution in [3.8, 4) is 5.75 Å². The molecule has 3 fully saturated rings. The van der Waals surface area contributed by atoms with Gasteiger partial charge in [-0.1, -0.05) is 37.8 Å². The van der Waals surface area contributed by atoms with Crippen LogP contribution < -0.4 is 59.5 Å². The van der Waals surface area contributed by atoms with Crippen LogP contribution in [0.15, 0.2) is 24.3 Å². The Kier molecular flexibility index (Phi) is 23.6. The van der Waals surface area contributed by atoms with Crippen molar-refractivity contribution in [2.24, 2.45) is 23.3 Å². The highest BCUT2D eigenvalue weighted by Crippen LogP contribution is 2.34. The van der Waals surface area contributed by atoms with Gasteiger partial charge in [-0.15, -0.1) is 0 Å². The molecule has 2 heterocycles. The molecule has 68 heavy (non-hydrogen) atoms. The molecule has 0 spiro atoms. The van der Waals surface area contributed by atoms with Gasteiger partial charge in [0.15, 0.2) is 0 Å². The third-order valence-corrected chi connectivity index (χ3v) is 14.1. The van der Waals surface area contributed by atoms with Gasteiger partial charge in [0, 0.05) is 42.7 Å². The van der Waals surface area contributed by atoms with E-state index in [2.05, 4.69) is 42.5 Å². The van der Waals surface area contributed by atoms with Crippen molar-refractivity contribution in [1.82, 2.24) is 48.0 Å². The Morgan fingerprint density at radius 3 is 2.12 bits per heavy atom. The lowest BCUT2D eigenvalue weighted by atomic mass is 9.78. The van der Waals surface area contributed by atoms with E-state index in [0.29, 0.717) is 68.8 Å². The van der Waals surface area contributed by atoms with Crippen molar-refractivity contribution in [1.29, 1.82) is 0 Å².